The van der Waals surface area contributed by atoms with Gasteiger partial charge in [0.15, 0.2) is 28.7 Å². The van der Waals surface area contributed by atoms with E-state index in [1.807, 2.05) is 6.07 Å². The standard InChI is InChI=1S/C24H24N2O6S/c1-29-18-9-8-14(10-20(18)31-3)24(28)13-33-23-17(12-25)16(11-21(27)26(23)24)15-6-5-7-19(30-2)22(15)32-4/h5-10,16,28H,11,13H2,1-4H3/t16-,24+/m0/s1. The minimum Gasteiger partial charge on any atom is -0.493 e. The number of aliphatic hydroxyl groups is 1. The first-order valence-corrected chi connectivity index (χ1v) is 11.2. The van der Waals surface area contributed by atoms with E-state index >= 15 is 0 Å². The molecule has 2 aliphatic rings. The Morgan fingerprint density at radius 1 is 1.06 bits per heavy atom. The number of methoxy groups -OCH3 is 4. The quantitative estimate of drug-likeness (QED) is 0.689. The van der Waals surface area contributed by atoms with Gasteiger partial charge < -0.3 is 24.1 Å². The molecule has 9 heteroatoms. The van der Waals surface area contributed by atoms with Crippen LogP contribution in [-0.2, 0) is 10.5 Å². The van der Waals surface area contributed by atoms with Crippen LogP contribution in [0, 0.1) is 11.3 Å². The molecule has 1 N–H and O–H groups in total. The average Bonchev–Trinajstić information content (AvgIpc) is 3.21. The van der Waals surface area contributed by atoms with Crippen LogP contribution in [0.4, 0.5) is 0 Å². The third kappa shape index (κ3) is 3.56. The number of benzene rings is 2. The van der Waals surface area contributed by atoms with Crippen LogP contribution in [0.25, 0.3) is 0 Å². The minimum atomic E-state index is -1.62. The molecular formula is C24H24N2O6S. The summed E-state index contributed by atoms with van der Waals surface area (Å²) in [5.41, 5.74) is -0.0494. The van der Waals surface area contributed by atoms with Crippen molar-refractivity contribution in [1.29, 1.82) is 5.26 Å². The molecule has 1 fully saturated rings. The Morgan fingerprint density at radius 2 is 1.79 bits per heavy atom. The van der Waals surface area contributed by atoms with Crippen molar-refractivity contribution in [2.45, 2.75) is 18.1 Å². The Morgan fingerprint density at radius 3 is 2.42 bits per heavy atom. The van der Waals surface area contributed by atoms with E-state index in [1.165, 1.54) is 45.1 Å². The molecule has 0 aromatic heterocycles. The van der Waals surface area contributed by atoms with Gasteiger partial charge in [0.05, 0.1) is 50.9 Å². The first-order chi connectivity index (χ1) is 15.9. The van der Waals surface area contributed by atoms with E-state index in [4.69, 9.17) is 18.9 Å². The van der Waals surface area contributed by atoms with Gasteiger partial charge in [-0.1, -0.05) is 18.2 Å². The number of amides is 1. The summed E-state index contributed by atoms with van der Waals surface area (Å²) in [4.78, 5) is 14.8. The third-order valence-corrected chi connectivity index (χ3v) is 7.19. The lowest BCUT2D eigenvalue weighted by atomic mass is 9.84. The molecule has 1 amide bonds. The summed E-state index contributed by atoms with van der Waals surface area (Å²) < 4.78 is 21.6. The summed E-state index contributed by atoms with van der Waals surface area (Å²) in [7, 11) is 6.10. The van der Waals surface area contributed by atoms with Crippen molar-refractivity contribution in [1.82, 2.24) is 4.90 Å². The Kier molecular flexibility index (Phi) is 6.15. The molecule has 0 saturated carbocycles. The van der Waals surface area contributed by atoms with Crippen molar-refractivity contribution >= 4 is 17.7 Å². The molecule has 8 nitrogen and oxygen atoms in total. The summed E-state index contributed by atoms with van der Waals surface area (Å²) in [6.45, 7) is 0. The zero-order valence-corrected chi connectivity index (χ0v) is 19.6. The molecule has 0 radical (unpaired) electrons. The molecule has 172 valence electrons. The Hall–Kier alpha value is -3.35. The van der Waals surface area contributed by atoms with Gasteiger partial charge in [-0.3, -0.25) is 9.69 Å². The van der Waals surface area contributed by atoms with Crippen LogP contribution >= 0.6 is 11.8 Å². The number of hydrogen-bond donors (Lipinski definition) is 1. The second kappa shape index (κ2) is 8.89. The monoisotopic (exact) mass is 468 g/mol. The van der Waals surface area contributed by atoms with Gasteiger partial charge >= 0.3 is 0 Å². The number of para-hydroxylation sites is 1. The van der Waals surface area contributed by atoms with E-state index in [0.717, 1.165) is 0 Å². The largest absolute Gasteiger partial charge is 0.493 e. The van der Waals surface area contributed by atoms with Crippen molar-refractivity contribution in [3.63, 3.8) is 0 Å². The van der Waals surface area contributed by atoms with Gasteiger partial charge in [0.1, 0.15) is 0 Å². The van der Waals surface area contributed by atoms with E-state index < -0.39 is 11.6 Å². The van der Waals surface area contributed by atoms with Crippen LogP contribution in [-0.4, -0.2) is 50.1 Å². The Labute approximate surface area is 196 Å². The molecule has 2 atom stereocenters. The number of nitriles is 1. The summed E-state index contributed by atoms with van der Waals surface area (Å²) in [5, 5.41) is 22.2. The zero-order valence-electron chi connectivity index (χ0n) is 18.7. The van der Waals surface area contributed by atoms with Crippen molar-refractivity contribution in [2.75, 3.05) is 34.2 Å². The average molecular weight is 469 g/mol. The summed E-state index contributed by atoms with van der Waals surface area (Å²) in [6.07, 6.45) is 0.00603. The molecule has 2 aromatic carbocycles. The highest BCUT2D eigenvalue weighted by molar-refractivity contribution is 8.03. The highest BCUT2D eigenvalue weighted by Gasteiger charge is 2.52. The topological polar surface area (TPSA) is 101 Å². The summed E-state index contributed by atoms with van der Waals surface area (Å²) >= 11 is 1.28. The molecule has 33 heavy (non-hydrogen) atoms. The van der Waals surface area contributed by atoms with Gasteiger partial charge in [0.25, 0.3) is 0 Å². The SMILES string of the molecule is COc1ccc([C@]2(O)CSC3=C(C#N)[C@H](c4cccc(OC)c4OC)CC(=O)N32)cc1OC. The summed E-state index contributed by atoms with van der Waals surface area (Å²) in [5.74, 6) is 1.33. The van der Waals surface area contributed by atoms with Crippen molar-refractivity contribution in [3.05, 3.63) is 58.1 Å². The Bertz CT molecular complexity index is 1170. The summed E-state index contributed by atoms with van der Waals surface area (Å²) in [6, 6.07) is 12.7. The normalized spacial score (nSPS) is 22.0. The van der Waals surface area contributed by atoms with E-state index in [2.05, 4.69) is 6.07 Å². The Balaban J connectivity index is 1.82. The van der Waals surface area contributed by atoms with E-state index in [9.17, 15) is 15.2 Å². The molecule has 0 bridgehead atoms. The fourth-order valence-corrected chi connectivity index (χ4v) is 5.74. The predicted octanol–water partition coefficient (Wildman–Crippen LogP) is 3.36. The number of hydrogen-bond acceptors (Lipinski definition) is 8. The highest BCUT2D eigenvalue weighted by Crippen LogP contribution is 2.53. The maximum absolute atomic E-state index is 13.4. The smallest absolute Gasteiger partial charge is 0.231 e. The number of carbonyl (C=O) groups excluding carboxylic acids is 1. The van der Waals surface area contributed by atoms with Gasteiger partial charge in [0.2, 0.25) is 5.91 Å². The number of fused-ring (bicyclic) bond motifs is 1. The number of ether oxygens (including phenoxy) is 4. The van der Waals surface area contributed by atoms with E-state index in [0.29, 0.717) is 44.7 Å². The molecule has 2 aliphatic heterocycles. The molecule has 2 aromatic rings. The number of thioether (sulfide) groups is 1. The maximum atomic E-state index is 13.4. The number of nitrogens with zero attached hydrogens (tertiary/aromatic N) is 2. The first-order valence-electron chi connectivity index (χ1n) is 10.2. The minimum absolute atomic E-state index is 0.00603. The van der Waals surface area contributed by atoms with Crippen LogP contribution in [0.5, 0.6) is 23.0 Å². The molecule has 0 unspecified atom stereocenters. The first kappa shape index (κ1) is 22.8. The van der Waals surface area contributed by atoms with Crippen molar-refractivity contribution in [3.8, 4) is 29.1 Å². The highest BCUT2D eigenvalue weighted by atomic mass is 32.2. The lowest BCUT2D eigenvalue weighted by molar-refractivity contribution is -0.149. The molecule has 1 saturated heterocycles. The lowest BCUT2D eigenvalue weighted by Crippen LogP contribution is -2.48. The van der Waals surface area contributed by atoms with Crippen molar-refractivity contribution in [2.24, 2.45) is 0 Å². The number of allylic oxidation sites excluding steroid dienone is 1. The van der Waals surface area contributed by atoms with Crippen LogP contribution < -0.4 is 18.9 Å². The lowest BCUT2D eigenvalue weighted by Gasteiger charge is -2.38. The predicted molar refractivity (Wildman–Crippen MR) is 122 cm³/mol. The molecule has 4 rings (SSSR count). The van der Waals surface area contributed by atoms with E-state index in [-0.39, 0.29) is 18.1 Å². The van der Waals surface area contributed by atoms with Crippen LogP contribution in [0.1, 0.15) is 23.5 Å². The van der Waals surface area contributed by atoms with Crippen LogP contribution in [0.2, 0.25) is 0 Å². The maximum Gasteiger partial charge on any atom is 0.231 e. The van der Waals surface area contributed by atoms with Crippen molar-refractivity contribution < 1.29 is 28.8 Å². The van der Waals surface area contributed by atoms with Gasteiger partial charge in [-0.05, 0) is 18.2 Å². The van der Waals surface area contributed by atoms with Crippen LogP contribution in [0.15, 0.2) is 47.0 Å². The van der Waals surface area contributed by atoms with Crippen LogP contribution in [0.3, 0.4) is 0 Å². The number of rotatable bonds is 6. The van der Waals surface area contributed by atoms with Gasteiger partial charge in [0, 0.05) is 23.5 Å². The molecule has 0 spiro atoms. The molecule has 2 heterocycles. The number of carbonyl (C=O) groups is 1. The fourth-order valence-electron chi connectivity index (χ4n) is 4.38. The second-order valence-corrected chi connectivity index (χ2v) is 8.54. The second-order valence-electron chi connectivity index (χ2n) is 7.57. The van der Waals surface area contributed by atoms with Gasteiger partial charge in [-0.2, -0.15) is 5.26 Å². The van der Waals surface area contributed by atoms with Gasteiger partial charge in [-0.15, -0.1) is 11.8 Å². The third-order valence-electron chi connectivity index (χ3n) is 5.97. The fraction of sp³-hybridized carbons (Fsp3) is 0.333. The molecular weight excluding hydrogens is 444 g/mol. The zero-order chi connectivity index (χ0) is 23.8. The van der Waals surface area contributed by atoms with Gasteiger partial charge in [-0.25, -0.2) is 0 Å². The molecule has 0 aliphatic carbocycles. The van der Waals surface area contributed by atoms with E-state index in [1.54, 1.807) is 30.3 Å².